The Morgan fingerprint density at radius 3 is 2.27 bits per heavy atom. The van der Waals surface area contributed by atoms with Gasteiger partial charge in [0.15, 0.2) is 0 Å². The quantitative estimate of drug-likeness (QED) is 0.256. The maximum atomic E-state index is 10.9. The lowest BCUT2D eigenvalue weighted by molar-refractivity contribution is -0.143. The van der Waals surface area contributed by atoms with E-state index < -0.39 is 18.6 Å². The molecule has 1 atom stereocenters. The van der Waals surface area contributed by atoms with Crippen molar-refractivity contribution < 1.29 is 19.9 Å². The minimum Gasteiger partial charge on any atom is -0.480 e. The molecule has 0 aromatic heterocycles. The molecule has 0 aliphatic rings. The van der Waals surface area contributed by atoms with Crippen molar-refractivity contribution in [1.82, 2.24) is 0 Å². The van der Waals surface area contributed by atoms with Gasteiger partial charge in [0.2, 0.25) is 0 Å². The van der Waals surface area contributed by atoms with Gasteiger partial charge in [-0.05, 0) is 25.7 Å². The third-order valence-corrected chi connectivity index (χ3v) is 2.35. The Bertz CT molecular complexity index is 203. The number of rotatable bonds is 8. The van der Waals surface area contributed by atoms with Gasteiger partial charge in [0.05, 0.1) is 0 Å². The smallest absolute Gasteiger partial charge is 0.451 e. The normalized spacial score (nSPS) is 14.7. The van der Waals surface area contributed by atoms with Gasteiger partial charge in [0.1, 0.15) is 5.54 Å². The molecule has 0 spiro atoms. The summed E-state index contributed by atoms with van der Waals surface area (Å²) in [5.74, 6) is -1.06. The number of carboxylic acid groups (broad SMARTS) is 1. The van der Waals surface area contributed by atoms with Crippen molar-refractivity contribution in [1.29, 1.82) is 0 Å². The van der Waals surface area contributed by atoms with E-state index in [1.54, 1.807) is 0 Å². The van der Waals surface area contributed by atoms with Crippen molar-refractivity contribution in [2.75, 3.05) is 6.54 Å². The molecular formula is C8H19BN2O4. The molecule has 6 nitrogen and oxygen atoms in total. The summed E-state index contributed by atoms with van der Waals surface area (Å²) in [5.41, 5.74) is 9.66. The summed E-state index contributed by atoms with van der Waals surface area (Å²) in [6.45, 7) is 0.228. The molecule has 0 aliphatic heterocycles. The first kappa shape index (κ1) is 14.4. The van der Waals surface area contributed by atoms with Crippen LogP contribution in [0, 0.1) is 0 Å². The molecular weight excluding hydrogens is 199 g/mol. The number of carbonyl (C=O) groups is 1. The molecule has 1 unspecified atom stereocenters. The lowest BCUT2D eigenvalue weighted by Gasteiger charge is -2.23. The van der Waals surface area contributed by atoms with Gasteiger partial charge in [0, 0.05) is 0 Å². The molecule has 0 aromatic carbocycles. The topological polar surface area (TPSA) is 130 Å². The van der Waals surface area contributed by atoms with E-state index in [0.717, 1.165) is 0 Å². The summed E-state index contributed by atoms with van der Waals surface area (Å²) >= 11 is 0. The molecule has 0 aromatic rings. The van der Waals surface area contributed by atoms with Gasteiger partial charge in [0.25, 0.3) is 0 Å². The molecule has 0 aliphatic carbocycles. The molecule has 88 valence electrons. The van der Waals surface area contributed by atoms with Crippen LogP contribution < -0.4 is 11.5 Å². The minimum atomic E-state index is -1.34. The standard InChI is InChI=1S/C8H19BN2O4/c10-6-4-8(11,7(12)13)3-1-2-5-9(14)15/h14-15H,1-6,10-11H2,(H,12,13). The van der Waals surface area contributed by atoms with E-state index in [9.17, 15) is 4.79 Å². The van der Waals surface area contributed by atoms with Crippen molar-refractivity contribution in [3.8, 4) is 0 Å². The van der Waals surface area contributed by atoms with Crippen LogP contribution in [-0.4, -0.2) is 40.3 Å². The largest absolute Gasteiger partial charge is 0.480 e. The molecule has 0 rings (SSSR count). The summed E-state index contributed by atoms with van der Waals surface area (Å²) in [4.78, 5) is 10.9. The van der Waals surface area contributed by atoms with Crippen molar-refractivity contribution >= 4 is 13.1 Å². The zero-order chi connectivity index (χ0) is 11.9. The van der Waals surface area contributed by atoms with Crippen LogP contribution in [0.1, 0.15) is 25.7 Å². The fraction of sp³-hybridized carbons (Fsp3) is 0.875. The lowest BCUT2D eigenvalue weighted by Crippen LogP contribution is -2.49. The molecule has 15 heavy (non-hydrogen) atoms. The molecule has 0 bridgehead atoms. The third-order valence-electron chi connectivity index (χ3n) is 2.35. The van der Waals surface area contributed by atoms with E-state index in [0.29, 0.717) is 19.3 Å². The first-order valence-electron chi connectivity index (χ1n) is 5.01. The highest BCUT2D eigenvalue weighted by Crippen LogP contribution is 2.16. The molecule has 0 amide bonds. The Hall–Kier alpha value is -0.625. The van der Waals surface area contributed by atoms with Gasteiger partial charge in [-0.1, -0.05) is 12.8 Å². The van der Waals surface area contributed by atoms with E-state index in [4.69, 9.17) is 26.6 Å². The highest BCUT2D eigenvalue weighted by atomic mass is 16.4. The number of aliphatic carboxylic acids is 1. The molecule has 0 heterocycles. The van der Waals surface area contributed by atoms with Crippen LogP contribution in [0.5, 0.6) is 0 Å². The van der Waals surface area contributed by atoms with Crippen LogP contribution in [0.25, 0.3) is 0 Å². The maximum absolute atomic E-state index is 10.9. The van der Waals surface area contributed by atoms with Crippen LogP contribution in [-0.2, 0) is 4.79 Å². The fourth-order valence-corrected chi connectivity index (χ4v) is 1.36. The molecule has 0 saturated carbocycles. The molecule has 0 radical (unpaired) electrons. The summed E-state index contributed by atoms with van der Waals surface area (Å²) in [5, 5.41) is 26.1. The van der Waals surface area contributed by atoms with E-state index in [-0.39, 0.29) is 19.3 Å². The fourth-order valence-electron chi connectivity index (χ4n) is 1.36. The Balaban J connectivity index is 3.92. The molecule has 7 N–H and O–H groups in total. The van der Waals surface area contributed by atoms with Gasteiger partial charge in [-0.15, -0.1) is 0 Å². The Labute approximate surface area is 89.4 Å². The zero-order valence-corrected chi connectivity index (χ0v) is 8.72. The average molecular weight is 218 g/mol. The summed E-state index contributed by atoms with van der Waals surface area (Å²) in [7, 11) is -1.34. The number of unbranched alkanes of at least 4 members (excludes halogenated alkanes) is 1. The molecule has 7 heteroatoms. The van der Waals surface area contributed by atoms with Crippen LogP contribution >= 0.6 is 0 Å². The van der Waals surface area contributed by atoms with Gasteiger partial charge in [-0.25, -0.2) is 0 Å². The van der Waals surface area contributed by atoms with Crippen LogP contribution in [0.3, 0.4) is 0 Å². The summed E-state index contributed by atoms with van der Waals surface area (Å²) in [6, 6.07) is 0. The Morgan fingerprint density at radius 1 is 1.27 bits per heavy atom. The summed E-state index contributed by atoms with van der Waals surface area (Å²) in [6.07, 6.45) is 1.84. The number of carboxylic acids is 1. The van der Waals surface area contributed by atoms with Crippen molar-refractivity contribution in [3.63, 3.8) is 0 Å². The highest BCUT2D eigenvalue weighted by molar-refractivity contribution is 6.40. The second-order valence-corrected chi connectivity index (χ2v) is 3.73. The van der Waals surface area contributed by atoms with Crippen molar-refractivity contribution in [2.24, 2.45) is 11.5 Å². The molecule has 0 saturated heterocycles. The van der Waals surface area contributed by atoms with Gasteiger partial charge >= 0.3 is 13.1 Å². The van der Waals surface area contributed by atoms with Gasteiger partial charge in [-0.2, -0.15) is 0 Å². The number of nitrogens with two attached hydrogens (primary N) is 2. The number of hydrogen-bond acceptors (Lipinski definition) is 5. The van der Waals surface area contributed by atoms with Crippen molar-refractivity contribution in [3.05, 3.63) is 0 Å². The predicted octanol–water partition coefficient (Wildman–Crippen LogP) is -1.24. The van der Waals surface area contributed by atoms with Crippen LogP contribution in [0.2, 0.25) is 6.32 Å². The van der Waals surface area contributed by atoms with Crippen LogP contribution in [0.15, 0.2) is 0 Å². The second-order valence-electron chi connectivity index (χ2n) is 3.73. The predicted molar refractivity (Wildman–Crippen MR) is 57.1 cm³/mol. The monoisotopic (exact) mass is 218 g/mol. The van der Waals surface area contributed by atoms with E-state index in [1.807, 2.05) is 0 Å². The SMILES string of the molecule is NCCC(N)(CCCCB(O)O)C(=O)O. The van der Waals surface area contributed by atoms with Gasteiger partial charge in [-0.3, -0.25) is 4.79 Å². The third kappa shape index (κ3) is 5.73. The summed E-state index contributed by atoms with van der Waals surface area (Å²) < 4.78 is 0. The highest BCUT2D eigenvalue weighted by Gasteiger charge is 2.32. The second kappa shape index (κ2) is 6.78. The first-order chi connectivity index (χ1) is 6.92. The van der Waals surface area contributed by atoms with Gasteiger partial charge < -0.3 is 26.6 Å². The average Bonchev–Trinajstić information content (AvgIpc) is 2.12. The lowest BCUT2D eigenvalue weighted by atomic mass is 9.81. The van der Waals surface area contributed by atoms with Crippen LogP contribution in [0.4, 0.5) is 0 Å². The number of hydrogen-bond donors (Lipinski definition) is 5. The zero-order valence-electron chi connectivity index (χ0n) is 8.72. The Kier molecular flexibility index (Phi) is 6.50. The Morgan fingerprint density at radius 2 is 1.87 bits per heavy atom. The maximum Gasteiger partial charge on any atom is 0.451 e. The van der Waals surface area contributed by atoms with E-state index >= 15 is 0 Å². The van der Waals surface area contributed by atoms with Crippen molar-refractivity contribution in [2.45, 2.75) is 37.5 Å². The van der Waals surface area contributed by atoms with E-state index in [2.05, 4.69) is 0 Å². The minimum absolute atomic E-state index is 0.226. The molecule has 0 fully saturated rings. The first-order valence-corrected chi connectivity index (χ1v) is 5.01. The van der Waals surface area contributed by atoms with E-state index in [1.165, 1.54) is 0 Å².